The van der Waals surface area contributed by atoms with Gasteiger partial charge in [0.25, 0.3) is 0 Å². The van der Waals surface area contributed by atoms with Gasteiger partial charge in [-0.1, -0.05) is 31.4 Å². The van der Waals surface area contributed by atoms with Gasteiger partial charge >= 0.3 is 0 Å². The first-order chi connectivity index (χ1) is 17.1. The number of fused-ring (bicyclic) bond motifs is 2. The summed E-state index contributed by atoms with van der Waals surface area (Å²) in [7, 11) is 0. The molecule has 0 radical (unpaired) electrons. The van der Waals surface area contributed by atoms with E-state index in [0.29, 0.717) is 28.7 Å². The zero-order chi connectivity index (χ0) is 23.9. The molecule has 6 rings (SSSR count). The lowest BCUT2D eigenvalue weighted by molar-refractivity contribution is 0.266. The standard InChI is InChI=1S/C27H32ClN7/c1-17-5-7-18(8-6-17)16-35-26-23(33-27(35)34-10-9-31-22-3-2-4-24(22)34)12-21(13-29)32-25(26)19-11-20(28)15-30-14-19/h11-12,14-15,17-18,22,24,31H,2-10,16H2,1H3/t17-,18-,22-,24-/m1/s1. The van der Waals surface area contributed by atoms with Crippen LogP contribution in [0.3, 0.4) is 0 Å². The molecule has 2 saturated carbocycles. The van der Waals surface area contributed by atoms with Crippen LogP contribution in [0.25, 0.3) is 22.3 Å². The van der Waals surface area contributed by atoms with Crippen LogP contribution in [0, 0.1) is 23.2 Å². The number of nitriles is 1. The molecular formula is C27H32ClN7. The van der Waals surface area contributed by atoms with Gasteiger partial charge in [-0.05, 0) is 50.0 Å². The van der Waals surface area contributed by atoms with Crippen molar-refractivity contribution >= 4 is 28.6 Å². The van der Waals surface area contributed by atoms with Gasteiger partial charge in [0, 0.05) is 55.7 Å². The molecule has 3 aromatic rings. The highest BCUT2D eigenvalue weighted by atomic mass is 35.5. The third-order valence-corrected chi connectivity index (χ3v) is 8.48. The Labute approximate surface area is 211 Å². The van der Waals surface area contributed by atoms with Crippen LogP contribution in [0.1, 0.15) is 57.6 Å². The zero-order valence-electron chi connectivity index (χ0n) is 20.3. The second kappa shape index (κ2) is 9.40. The van der Waals surface area contributed by atoms with Crippen LogP contribution in [0.15, 0.2) is 24.5 Å². The molecule has 35 heavy (non-hydrogen) atoms. The van der Waals surface area contributed by atoms with Crippen LogP contribution in [0.5, 0.6) is 0 Å². The zero-order valence-corrected chi connectivity index (χ0v) is 21.0. The molecule has 0 bridgehead atoms. The molecule has 1 saturated heterocycles. The van der Waals surface area contributed by atoms with Gasteiger partial charge in [0.05, 0.1) is 21.7 Å². The molecule has 1 aliphatic heterocycles. The van der Waals surface area contributed by atoms with Gasteiger partial charge in [0.2, 0.25) is 5.95 Å². The Kier molecular flexibility index (Phi) is 6.11. The first-order valence-electron chi connectivity index (χ1n) is 13.0. The molecule has 1 N–H and O–H groups in total. The first-order valence-corrected chi connectivity index (χ1v) is 13.4. The van der Waals surface area contributed by atoms with E-state index in [4.69, 9.17) is 21.6 Å². The van der Waals surface area contributed by atoms with Crippen molar-refractivity contribution in [3.63, 3.8) is 0 Å². The monoisotopic (exact) mass is 489 g/mol. The van der Waals surface area contributed by atoms with Crippen LogP contribution >= 0.6 is 11.6 Å². The van der Waals surface area contributed by atoms with Crippen LogP contribution in [0.4, 0.5) is 5.95 Å². The highest BCUT2D eigenvalue weighted by Gasteiger charge is 2.38. The SMILES string of the molecule is C[C@H]1CC[C@H](Cn2c(N3CCN[C@@H]4CCC[C@H]43)nc3cc(C#N)nc(-c4cncc(Cl)c4)c32)CC1. The number of hydrogen-bond acceptors (Lipinski definition) is 6. The number of anilines is 1. The van der Waals surface area contributed by atoms with Gasteiger partial charge in [-0.15, -0.1) is 0 Å². The smallest absolute Gasteiger partial charge is 0.206 e. The molecule has 7 nitrogen and oxygen atoms in total. The Balaban J connectivity index is 1.53. The van der Waals surface area contributed by atoms with E-state index in [-0.39, 0.29) is 0 Å². The summed E-state index contributed by atoms with van der Waals surface area (Å²) in [5, 5.41) is 14.0. The average molecular weight is 490 g/mol. The van der Waals surface area contributed by atoms with Crippen LogP contribution in [-0.4, -0.2) is 44.7 Å². The van der Waals surface area contributed by atoms with Gasteiger partial charge in [0.15, 0.2) is 0 Å². The summed E-state index contributed by atoms with van der Waals surface area (Å²) in [6.07, 6.45) is 12.1. The summed E-state index contributed by atoms with van der Waals surface area (Å²) >= 11 is 6.32. The molecule has 8 heteroatoms. The molecule has 182 valence electrons. The minimum absolute atomic E-state index is 0.370. The molecule has 3 fully saturated rings. The van der Waals surface area contributed by atoms with E-state index in [1.54, 1.807) is 12.4 Å². The highest BCUT2D eigenvalue weighted by molar-refractivity contribution is 6.30. The lowest BCUT2D eigenvalue weighted by atomic mass is 9.83. The summed E-state index contributed by atoms with van der Waals surface area (Å²) in [5.41, 5.74) is 3.77. The van der Waals surface area contributed by atoms with Crippen molar-refractivity contribution < 1.29 is 0 Å². The number of hydrogen-bond donors (Lipinski definition) is 1. The number of pyridine rings is 2. The number of nitrogens with zero attached hydrogens (tertiary/aromatic N) is 6. The van der Waals surface area contributed by atoms with E-state index < -0.39 is 0 Å². The fourth-order valence-electron chi connectivity index (χ4n) is 6.44. The fourth-order valence-corrected chi connectivity index (χ4v) is 6.62. The molecular weight excluding hydrogens is 458 g/mol. The van der Waals surface area contributed by atoms with E-state index in [2.05, 4.69) is 32.8 Å². The topological polar surface area (TPSA) is 82.7 Å². The lowest BCUT2D eigenvalue weighted by Crippen LogP contribution is -2.56. The van der Waals surface area contributed by atoms with Crippen molar-refractivity contribution in [1.29, 1.82) is 5.26 Å². The Morgan fingerprint density at radius 3 is 2.77 bits per heavy atom. The van der Waals surface area contributed by atoms with E-state index in [9.17, 15) is 5.26 Å². The highest BCUT2D eigenvalue weighted by Crippen LogP contribution is 2.38. The Bertz CT molecular complexity index is 1270. The summed E-state index contributed by atoms with van der Waals surface area (Å²) in [4.78, 5) is 16.8. The number of piperazine rings is 1. The second-order valence-electron chi connectivity index (χ2n) is 10.6. The van der Waals surface area contributed by atoms with Crippen molar-refractivity contribution in [2.45, 2.75) is 70.5 Å². The normalized spacial score (nSPS) is 26.6. The van der Waals surface area contributed by atoms with Crippen molar-refractivity contribution in [2.24, 2.45) is 11.8 Å². The van der Waals surface area contributed by atoms with Crippen molar-refractivity contribution in [1.82, 2.24) is 24.8 Å². The van der Waals surface area contributed by atoms with Crippen molar-refractivity contribution in [2.75, 3.05) is 18.0 Å². The number of imidazole rings is 1. The molecule has 0 spiro atoms. The summed E-state index contributed by atoms with van der Waals surface area (Å²) in [5.74, 6) is 2.46. The molecule has 0 amide bonds. The molecule has 2 aliphatic carbocycles. The first kappa shape index (κ1) is 22.8. The Hall–Kier alpha value is -2.69. The maximum atomic E-state index is 9.75. The summed E-state index contributed by atoms with van der Waals surface area (Å²) in [6, 6.07) is 6.95. The van der Waals surface area contributed by atoms with Crippen LogP contribution in [-0.2, 0) is 6.54 Å². The van der Waals surface area contributed by atoms with Gasteiger partial charge < -0.3 is 14.8 Å². The third-order valence-electron chi connectivity index (χ3n) is 8.27. The number of halogens is 1. The molecule has 4 heterocycles. The molecule has 2 atom stereocenters. The van der Waals surface area contributed by atoms with E-state index >= 15 is 0 Å². The number of aromatic nitrogens is 4. The maximum Gasteiger partial charge on any atom is 0.206 e. The largest absolute Gasteiger partial charge is 0.336 e. The minimum atomic E-state index is 0.370. The predicted molar refractivity (Wildman–Crippen MR) is 138 cm³/mol. The van der Waals surface area contributed by atoms with Gasteiger partial charge in [-0.3, -0.25) is 4.98 Å². The second-order valence-corrected chi connectivity index (χ2v) is 11.1. The molecule has 0 unspecified atom stereocenters. The van der Waals surface area contributed by atoms with E-state index in [1.165, 1.54) is 44.9 Å². The van der Waals surface area contributed by atoms with Crippen molar-refractivity contribution in [3.05, 3.63) is 35.2 Å². The predicted octanol–water partition coefficient (Wildman–Crippen LogP) is 5.18. The number of nitrogens with one attached hydrogen (secondary N) is 1. The lowest BCUT2D eigenvalue weighted by Gasteiger charge is -2.39. The van der Waals surface area contributed by atoms with Gasteiger partial charge in [-0.2, -0.15) is 5.26 Å². The van der Waals surface area contributed by atoms with Crippen molar-refractivity contribution in [3.8, 4) is 17.3 Å². The quantitative estimate of drug-likeness (QED) is 0.544. The molecule has 3 aliphatic rings. The summed E-state index contributed by atoms with van der Waals surface area (Å²) in [6.45, 7) is 5.21. The third kappa shape index (κ3) is 4.28. The fraction of sp³-hybridized carbons (Fsp3) is 0.556. The minimum Gasteiger partial charge on any atom is -0.336 e. The van der Waals surface area contributed by atoms with Crippen LogP contribution in [0.2, 0.25) is 5.02 Å². The summed E-state index contributed by atoms with van der Waals surface area (Å²) < 4.78 is 2.42. The number of rotatable bonds is 4. The maximum absolute atomic E-state index is 9.75. The van der Waals surface area contributed by atoms with E-state index in [0.717, 1.165) is 53.8 Å². The Morgan fingerprint density at radius 2 is 1.97 bits per heavy atom. The van der Waals surface area contributed by atoms with Crippen LogP contribution < -0.4 is 10.2 Å². The Morgan fingerprint density at radius 1 is 1.11 bits per heavy atom. The van der Waals surface area contributed by atoms with Gasteiger partial charge in [0.1, 0.15) is 11.8 Å². The molecule has 0 aromatic carbocycles. The van der Waals surface area contributed by atoms with Gasteiger partial charge in [-0.25, -0.2) is 9.97 Å². The van der Waals surface area contributed by atoms with E-state index in [1.807, 2.05) is 12.1 Å². The average Bonchev–Trinajstić information content (AvgIpc) is 3.49. The molecule has 3 aromatic heterocycles.